The van der Waals surface area contributed by atoms with Gasteiger partial charge in [-0.1, -0.05) is 0 Å². The molecule has 0 spiro atoms. The fraction of sp³-hybridized carbons (Fsp3) is 1.00. The molecule has 48 valence electrons. The Morgan fingerprint density at radius 2 is 2.12 bits per heavy atom. The average Bonchev–Trinajstić information content (AvgIpc) is 1.77. The number of hydrogen-bond donors (Lipinski definition) is 0. The second-order valence-electron chi connectivity index (χ2n) is 2.01. The quantitative estimate of drug-likeness (QED) is 0.402. The summed E-state index contributed by atoms with van der Waals surface area (Å²) in [6.07, 6.45) is 2.88. The van der Waals surface area contributed by atoms with Crippen molar-refractivity contribution in [2.75, 3.05) is 0 Å². The summed E-state index contributed by atoms with van der Waals surface area (Å²) >= 11 is 7.17. The minimum absolute atomic E-state index is 0.180. The number of hydrogen-bond acceptors (Lipinski definition) is 0. The maximum absolute atomic E-state index is 3.69. The van der Waals surface area contributed by atoms with Gasteiger partial charge in [0.2, 0.25) is 0 Å². The van der Waals surface area contributed by atoms with Crippen LogP contribution in [0.4, 0.5) is 0 Å². The van der Waals surface area contributed by atoms with Crippen LogP contribution in [0.25, 0.3) is 0 Å². The molecular formula is C5H9BiBr2. The molecule has 0 aliphatic carbocycles. The Morgan fingerprint density at radius 3 is 2.50 bits per heavy atom. The molecule has 8 heavy (non-hydrogen) atoms. The second-order valence-corrected chi connectivity index (χ2v) is 13.4. The first-order valence-corrected chi connectivity index (χ1v) is 9.64. The van der Waals surface area contributed by atoms with E-state index in [1.54, 1.807) is 4.13 Å². The molecule has 0 saturated carbocycles. The third-order valence-electron chi connectivity index (χ3n) is 1.31. The van der Waals surface area contributed by atoms with Crippen LogP contribution < -0.4 is 0 Å². The summed E-state index contributed by atoms with van der Waals surface area (Å²) in [4.78, 5) is 0.819. The van der Waals surface area contributed by atoms with Gasteiger partial charge in [0.05, 0.1) is 0 Å². The van der Waals surface area contributed by atoms with Gasteiger partial charge in [-0.25, -0.2) is 0 Å². The molecule has 1 heterocycles. The molecule has 0 nitrogen and oxygen atoms in total. The molecule has 3 heteroatoms. The Hall–Kier alpha value is 1.84. The third-order valence-corrected chi connectivity index (χ3v) is 14.0. The molecule has 1 rings (SSSR count). The SMILES string of the molecule is BrC1CC[CH2][BiH][CH]1Br. The normalized spacial score (nSPS) is 39.8. The van der Waals surface area contributed by atoms with Gasteiger partial charge < -0.3 is 0 Å². The van der Waals surface area contributed by atoms with Gasteiger partial charge in [0, 0.05) is 0 Å². The molecule has 0 amide bonds. The van der Waals surface area contributed by atoms with Crippen LogP contribution in [-0.4, -0.2) is 30.6 Å². The molecule has 1 aliphatic rings. The van der Waals surface area contributed by atoms with Crippen molar-refractivity contribution in [1.82, 2.24) is 0 Å². The van der Waals surface area contributed by atoms with Gasteiger partial charge in [0.15, 0.2) is 0 Å². The molecule has 0 aromatic heterocycles. The van der Waals surface area contributed by atoms with Gasteiger partial charge in [-0.2, -0.15) is 0 Å². The first-order valence-electron chi connectivity index (χ1n) is 2.82. The van der Waals surface area contributed by atoms with E-state index in [0.29, 0.717) is 0 Å². The summed E-state index contributed by atoms with van der Waals surface area (Å²) in [5.41, 5.74) is 0. The van der Waals surface area contributed by atoms with E-state index in [2.05, 4.69) is 31.9 Å². The summed E-state index contributed by atoms with van der Waals surface area (Å²) in [5, 5.41) is 0. The van der Waals surface area contributed by atoms with E-state index in [1.165, 1.54) is 12.8 Å². The fourth-order valence-corrected chi connectivity index (χ4v) is 9.35. The molecule has 0 aromatic rings. The predicted molar refractivity (Wildman–Crippen MR) is 46.6 cm³/mol. The van der Waals surface area contributed by atoms with E-state index in [-0.39, 0.29) is 23.2 Å². The predicted octanol–water partition coefficient (Wildman–Crippen LogP) is 2.12. The average molecular weight is 438 g/mol. The van der Waals surface area contributed by atoms with E-state index < -0.39 is 0 Å². The van der Waals surface area contributed by atoms with Gasteiger partial charge in [-0.15, -0.1) is 0 Å². The van der Waals surface area contributed by atoms with E-state index in [0.717, 1.165) is 7.36 Å². The molecule has 1 saturated heterocycles. The van der Waals surface area contributed by atoms with E-state index in [1.807, 2.05) is 0 Å². The Morgan fingerprint density at radius 1 is 1.38 bits per heavy atom. The molecule has 2 unspecified atom stereocenters. The zero-order valence-corrected chi connectivity index (χ0v) is 11.6. The molecule has 1 fully saturated rings. The summed E-state index contributed by atoms with van der Waals surface area (Å²) in [6, 6.07) is 0. The minimum atomic E-state index is -0.180. The Kier molecular flexibility index (Phi) is 3.85. The Labute approximate surface area is 78.6 Å². The van der Waals surface area contributed by atoms with Crippen molar-refractivity contribution < 1.29 is 0 Å². The van der Waals surface area contributed by atoms with Gasteiger partial charge in [0.25, 0.3) is 0 Å². The summed E-state index contributed by atoms with van der Waals surface area (Å²) < 4.78 is 2.52. The van der Waals surface area contributed by atoms with Crippen LogP contribution in [0.3, 0.4) is 0 Å². The van der Waals surface area contributed by atoms with Crippen molar-refractivity contribution in [1.29, 1.82) is 0 Å². The van der Waals surface area contributed by atoms with Crippen molar-refractivity contribution in [2.24, 2.45) is 0 Å². The van der Waals surface area contributed by atoms with Crippen LogP contribution in [0.2, 0.25) is 4.13 Å². The van der Waals surface area contributed by atoms with Crippen molar-refractivity contribution in [3.63, 3.8) is 0 Å². The van der Waals surface area contributed by atoms with Crippen molar-refractivity contribution >= 4 is 55.1 Å². The van der Waals surface area contributed by atoms with Crippen LogP contribution in [0.5, 0.6) is 0 Å². The summed E-state index contributed by atoms with van der Waals surface area (Å²) in [7, 11) is 0. The van der Waals surface area contributed by atoms with Crippen molar-refractivity contribution in [2.45, 2.75) is 24.3 Å². The first-order chi connectivity index (χ1) is 3.80. The van der Waals surface area contributed by atoms with Gasteiger partial charge in [-0.3, -0.25) is 0 Å². The summed E-state index contributed by atoms with van der Waals surface area (Å²) in [6.45, 7) is 0. The Balaban J connectivity index is 2.28. The fourth-order valence-electron chi connectivity index (χ4n) is 0.811. The topological polar surface area (TPSA) is 0 Å². The summed E-state index contributed by atoms with van der Waals surface area (Å²) in [5.74, 6) is 0. The van der Waals surface area contributed by atoms with Gasteiger partial charge in [-0.05, 0) is 0 Å². The van der Waals surface area contributed by atoms with Crippen LogP contribution in [0.15, 0.2) is 0 Å². The number of alkyl halides is 2. The van der Waals surface area contributed by atoms with Gasteiger partial charge >= 0.3 is 79.4 Å². The molecule has 0 radical (unpaired) electrons. The molecule has 0 bridgehead atoms. The maximum atomic E-state index is 3.69. The number of rotatable bonds is 0. The van der Waals surface area contributed by atoms with Crippen LogP contribution in [0.1, 0.15) is 12.8 Å². The zero-order valence-electron chi connectivity index (χ0n) is 4.53. The molecular weight excluding hydrogens is 429 g/mol. The van der Waals surface area contributed by atoms with Crippen molar-refractivity contribution in [3.8, 4) is 0 Å². The van der Waals surface area contributed by atoms with E-state index in [9.17, 15) is 0 Å². The number of halogens is 2. The Bertz CT molecular complexity index is 66.8. The zero-order chi connectivity index (χ0) is 5.98. The van der Waals surface area contributed by atoms with Crippen molar-refractivity contribution in [3.05, 3.63) is 0 Å². The van der Waals surface area contributed by atoms with E-state index >= 15 is 0 Å². The molecule has 0 aromatic carbocycles. The van der Waals surface area contributed by atoms with Gasteiger partial charge in [0.1, 0.15) is 0 Å². The standard InChI is InChI=1S/C5H8Br2.Bi.H/c1-2-3-5(7)4-6;;/h4-5H,1-3H2;;. The molecule has 1 aliphatic heterocycles. The monoisotopic (exact) mass is 436 g/mol. The van der Waals surface area contributed by atoms with Crippen LogP contribution >= 0.6 is 31.9 Å². The van der Waals surface area contributed by atoms with Crippen LogP contribution in [0, 0.1) is 0 Å². The van der Waals surface area contributed by atoms with Crippen LogP contribution in [-0.2, 0) is 0 Å². The first kappa shape index (κ1) is 7.94. The second kappa shape index (κ2) is 3.88. The molecule has 0 N–H and O–H groups in total. The molecule has 2 atom stereocenters. The van der Waals surface area contributed by atoms with E-state index in [4.69, 9.17) is 0 Å². The third kappa shape index (κ3) is 2.23.